The molecular weight excluding hydrogens is 198 g/mol. The van der Waals surface area contributed by atoms with Crippen LogP contribution >= 0.6 is 15.9 Å². The summed E-state index contributed by atoms with van der Waals surface area (Å²) in [5.41, 5.74) is 0. The molecular formula is C6H4BrNO2. The molecule has 1 aromatic rings. The van der Waals surface area contributed by atoms with Crippen molar-refractivity contribution in [2.24, 2.45) is 0 Å². The van der Waals surface area contributed by atoms with Crippen LogP contribution in [0.4, 0.5) is 0 Å². The molecule has 0 saturated carbocycles. The smallest absolute Gasteiger partial charge is 0.299 e. The van der Waals surface area contributed by atoms with Crippen LogP contribution in [0.3, 0.4) is 0 Å². The van der Waals surface area contributed by atoms with Crippen LogP contribution < -0.4 is 4.74 Å². The zero-order valence-corrected chi connectivity index (χ0v) is 6.54. The lowest BCUT2D eigenvalue weighted by Gasteiger charge is -1.94. The van der Waals surface area contributed by atoms with Crippen molar-refractivity contribution in [1.29, 1.82) is 0 Å². The SMILES string of the molecule is O=COc1cc(Br)ccn1. The average molecular weight is 202 g/mol. The maximum atomic E-state index is 9.81. The molecule has 0 aromatic carbocycles. The maximum absolute atomic E-state index is 9.81. The van der Waals surface area contributed by atoms with E-state index >= 15 is 0 Å². The van der Waals surface area contributed by atoms with Gasteiger partial charge in [-0.05, 0) is 6.07 Å². The zero-order chi connectivity index (χ0) is 7.40. The number of carbonyl (C=O) groups excluding carboxylic acids is 1. The van der Waals surface area contributed by atoms with Gasteiger partial charge in [-0.25, -0.2) is 4.98 Å². The van der Waals surface area contributed by atoms with Crippen molar-refractivity contribution in [1.82, 2.24) is 4.98 Å². The number of halogens is 1. The lowest BCUT2D eigenvalue weighted by molar-refractivity contribution is -0.120. The topological polar surface area (TPSA) is 39.2 Å². The minimum Gasteiger partial charge on any atom is -0.410 e. The molecule has 3 nitrogen and oxygen atoms in total. The van der Waals surface area contributed by atoms with Gasteiger partial charge in [-0.15, -0.1) is 0 Å². The van der Waals surface area contributed by atoms with Crippen molar-refractivity contribution in [3.05, 3.63) is 22.8 Å². The van der Waals surface area contributed by atoms with Gasteiger partial charge in [-0.1, -0.05) is 15.9 Å². The van der Waals surface area contributed by atoms with E-state index in [2.05, 4.69) is 25.7 Å². The van der Waals surface area contributed by atoms with Crippen molar-refractivity contribution in [3.8, 4) is 5.88 Å². The summed E-state index contributed by atoms with van der Waals surface area (Å²) in [5, 5.41) is 0. The Bertz CT molecular complexity index is 239. The quantitative estimate of drug-likeness (QED) is 0.680. The number of aromatic nitrogens is 1. The Morgan fingerprint density at radius 1 is 1.70 bits per heavy atom. The lowest BCUT2D eigenvalue weighted by Crippen LogP contribution is -1.90. The van der Waals surface area contributed by atoms with Gasteiger partial charge < -0.3 is 4.74 Å². The average Bonchev–Trinajstić information content (AvgIpc) is 1.88. The summed E-state index contributed by atoms with van der Waals surface area (Å²) in [6, 6.07) is 3.35. The standard InChI is InChI=1S/C6H4BrNO2/c7-5-1-2-8-6(3-5)10-4-9/h1-4H. The van der Waals surface area contributed by atoms with Gasteiger partial charge >= 0.3 is 0 Å². The van der Waals surface area contributed by atoms with Crippen LogP contribution in [0, 0.1) is 0 Å². The molecule has 0 amide bonds. The number of ether oxygens (including phenoxy) is 1. The highest BCUT2D eigenvalue weighted by Crippen LogP contribution is 2.13. The molecule has 1 aromatic heterocycles. The molecule has 1 heterocycles. The number of nitrogens with zero attached hydrogens (tertiary/aromatic N) is 1. The molecule has 4 heteroatoms. The minimum atomic E-state index is 0.296. The van der Waals surface area contributed by atoms with Gasteiger partial charge in [0.15, 0.2) is 0 Å². The summed E-state index contributed by atoms with van der Waals surface area (Å²) in [5.74, 6) is 0.296. The summed E-state index contributed by atoms with van der Waals surface area (Å²) >= 11 is 3.20. The van der Waals surface area contributed by atoms with Crippen molar-refractivity contribution in [3.63, 3.8) is 0 Å². The van der Waals surface area contributed by atoms with Crippen LogP contribution in [0.2, 0.25) is 0 Å². The third-order valence-corrected chi connectivity index (χ3v) is 1.36. The van der Waals surface area contributed by atoms with Crippen molar-refractivity contribution in [2.75, 3.05) is 0 Å². The normalized spacial score (nSPS) is 8.90. The second-order valence-corrected chi connectivity index (χ2v) is 2.44. The van der Waals surface area contributed by atoms with E-state index in [0.29, 0.717) is 12.4 Å². The molecule has 0 aliphatic carbocycles. The number of pyridine rings is 1. The minimum absolute atomic E-state index is 0.296. The van der Waals surface area contributed by atoms with Gasteiger partial charge in [0.25, 0.3) is 6.47 Å². The van der Waals surface area contributed by atoms with Gasteiger partial charge in [-0.2, -0.15) is 0 Å². The Morgan fingerprint density at radius 3 is 3.10 bits per heavy atom. The fourth-order valence-electron chi connectivity index (χ4n) is 0.499. The third kappa shape index (κ3) is 1.80. The van der Waals surface area contributed by atoms with Crippen LogP contribution in [0.1, 0.15) is 0 Å². The summed E-state index contributed by atoms with van der Waals surface area (Å²) in [4.78, 5) is 13.6. The largest absolute Gasteiger partial charge is 0.410 e. The summed E-state index contributed by atoms with van der Waals surface area (Å²) in [7, 11) is 0. The predicted molar refractivity (Wildman–Crippen MR) is 38.6 cm³/mol. The molecule has 0 spiro atoms. The van der Waals surface area contributed by atoms with Crippen LogP contribution in [0.15, 0.2) is 22.8 Å². The van der Waals surface area contributed by atoms with Crippen LogP contribution in [0.5, 0.6) is 5.88 Å². The number of hydrogen-bond donors (Lipinski definition) is 0. The molecule has 0 radical (unpaired) electrons. The van der Waals surface area contributed by atoms with E-state index in [1.807, 2.05) is 0 Å². The van der Waals surface area contributed by atoms with Crippen LogP contribution in [-0.2, 0) is 4.79 Å². The molecule has 0 aliphatic rings. The Labute approximate surface area is 66.2 Å². The van der Waals surface area contributed by atoms with E-state index in [-0.39, 0.29) is 0 Å². The van der Waals surface area contributed by atoms with E-state index in [4.69, 9.17) is 0 Å². The summed E-state index contributed by atoms with van der Waals surface area (Å²) in [6.07, 6.45) is 1.54. The lowest BCUT2D eigenvalue weighted by atomic mass is 10.5. The van der Waals surface area contributed by atoms with Crippen molar-refractivity contribution in [2.45, 2.75) is 0 Å². The van der Waals surface area contributed by atoms with E-state index in [1.165, 1.54) is 0 Å². The maximum Gasteiger partial charge on any atom is 0.299 e. The molecule has 52 valence electrons. The van der Waals surface area contributed by atoms with E-state index < -0.39 is 0 Å². The van der Waals surface area contributed by atoms with Crippen molar-refractivity contribution < 1.29 is 9.53 Å². The van der Waals surface area contributed by atoms with E-state index in [0.717, 1.165) is 4.47 Å². The first-order chi connectivity index (χ1) is 4.83. The molecule has 1 rings (SSSR count). The second kappa shape index (κ2) is 3.31. The van der Waals surface area contributed by atoms with Gasteiger partial charge in [0.2, 0.25) is 5.88 Å². The highest BCUT2D eigenvalue weighted by atomic mass is 79.9. The first kappa shape index (κ1) is 7.21. The first-order valence-electron chi connectivity index (χ1n) is 2.55. The van der Waals surface area contributed by atoms with Gasteiger partial charge in [-0.3, -0.25) is 4.79 Å². The van der Waals surface area contributed by atoms with Gasteiger partial charge in [0.1, 0.15) is 0 Å². The molecule has 0 fully saturated rings. The molecule has 0 saturated heterocycles. The fraction of sp³-hybridized carbons (Fsp3) is 0. The number of hydrogen-bond acceptors (Lipinski definition) is 3. The first-order valence-corrected chi connectivity index (χ1v) is 3.34. The Balaban J connectivity index is 2.84. The Morgan fingerprint density at radius 2 is 2.50 bits per heavy atom. The third-order valence-electron chi connectivity index (χ3n) is 0.866. The molecule has 0 unspecified atom stereocenters. The molecule has 0 bridgehead atoms. The van der Waals surface area contributed by atoms with Crippen LogP contribution in [0.25, 0.3) is 0 Å². The summed E-state index contributed by atoms with van der Waals surface area (Å²) in [6.45, 7) is 0.342. The highest BCUT2D eigenvalue weighted by Gasteiger charge is 1.92. The molecule has 0 aliphatic heterocycles. The number of carbonyl (C=O) groups is 1. The molecule has 0 atom stereocenters. The molecule has 10 heavy (non-hydrogen) atoms. The molecule has 0 N–H and O–H groups in total. The highest BCUT2D eigenvalue weighted by molar-refractivity contribution is 9.10. The van der Waals surface area contributed by atoms with E-state index in [1.54, 1.807) is 18.3 Å². The zero-order valence-electron chi connectivity index (χ0n) is 4.95. The van der Waals surface area contributed by atoms with Crippen molar-refractivity contribution >= 4 is 22.4 Å². The Hall–Kier alpha value is -0.900. The van der Waals surface area contributed by atoms with Crippen LogP contribution in [-0.4, -0.2) is 11.5 Å². The van der Waals surface area contributed by atoms with Gasteiger partial charge in [0.05, 0.1) is 0 Å². The Kier molecular flexibility index (Phi) is 2.39. The van der Waals surface area contributed by atoms with Gasteiger partial charge in [0, 0.05) is 16.7 Å². The predicted octanol–water partition coefficient (Wildman–Crippen LogP) is 1.38. The number of rotatable bonds is 2. The monoisotopic (exact) mass is 201 g/mol. The fourth-order valence-corrected chi connectivity index (χ4v) is 0.813. The summed E-state index contributed by atoms with van der Waals surface area (Å²) < 4.78 is 5.30. The van der Waals surface area contributed by atoms with E-state index in [9.17, 15) is 4.79 Å². The second-order valence-electron chi connectivity index (χ2n) is 1.53.